The lowest BCUT2D eigenvalue weighted by Crippen LogP contribution is -2.45. The molecule has 1 aromatic heterocycles. The van der Waals surface area contributed by atoms with Crippen molar-refractivity contribution in [2.75, 3.05) is 26.2 Å². The molecule has 19 heavy (non-hydrogen) atoms. The highest BCUT2D eigenvalue weighted by molar-refractivity contribution is 7.89. The zero-order chi connectivity index (χ0) is 13.7. The standard InChI is InChI=1S/C11H20N4O3S/c16-9-10-3-1-2-5-15(10)6-4-14-19(17,18)11-7-12-13-8-11/h7-8,10,14,16H,1-6,9H2,(H,12,13). The number of nitrogens with one attached hydrogen (secondary N) is 2. The van der Waals surface area contributed by atoms with E-state index in [2.05, 4.69) is 19.8 Å². The maximum atomic E-state index is 11.8. The number of hydrogen-bond donors (Lipinski definition) is 3. The number of aliphatic hydroxyl groups excluding tert-OH is 1. The second-order valence-corrected chi connectivity index (χ2v) is 6.47. The molecule has 1 aliphatic heterocycles. The molecule has 7 nitrogen and oxygen atoms in total. The fourth-order valence-corrected chi connectivity index (χ4v) is 3.28. The largest absolute Gasteiger partial charge is 0.395 e. The summed E-state index contributed by atoms with van der Waals surface area (Å²) in [7, 11) is -3.47. The lowest BCUT2D eigenvalue weighted by molar-refractivity contribution is 0.0923. The minimum Gasteiger partial charge on any atom is -0.395 e. The van der Waals surface area contributed by atoms with E-state index >= 15 is 0 Å². The number of aromatic nitrogens is 2. The van der Waals surface area contributed by atoms with E-state index in [0.717, 1.165) is 25.8 Å². The van der Waals surface area contributed by atoms with Gasteiger partial charge >= 0.3 is 0 Å². The highest BCUT2D eigenvalue weighted by Crippen LogP contribution is 2.15. The molecule has 0 saturated carbocycles. The van der Waals surface area contributed by atoms with Crippen molar-refractivity contribution < 1.29 is 13.5 Å². The summed E-state index contributed by atoms with van der Waals surface area (Å²) in [6.07, 6.45) is 5.83. The van der Waals surface area contributed by atoms with Gasteiger partial charge in [-0.15, -0.1) is 0 Å². The van der Waals surface area contributed by atoms with Gasteiger partial charge in [-0.3, -0.25) is 10.00 Å². The Labute approximate surface area is 113 Å². The molecular weight excluding hydrogens is 268 g/mol. The Kier molecular flexibility index (Phi) is 4.92. The molecule has 0 radical (unpaired) electrons. The van der Waals surface area contributed by atoms with Gasteiger partial charge in [0.25, 0.3) is 0 Å². The molecule has 2 rings (SSSR count). The van der Waals surface area contributed by atoms with Crippen molar-refractivity contribution in [1.82, 2.24) is 19.8 Å². The molecule has 0 spiro atoms. The molecule has 108 valence electrons. The third kappa shape index (κ3) is 3.75. The predicted octanol–water partition coefficient (Wildman–Crippen LogP) is -0.465. The van der Waals surface area contributed by atoms with Gasteiger partial charge in [0, 0.05) is 25.3 Å². The summed E-state index contributed by atoms with van der Waals surface area (Å²) in [6, 6.07) is 0.159. The van der Waals surface area contributed by atoms with Gasteiger partial charge in [0.15, 0.2) is 0 Å². The topological polar surface area (TPSA) is 98.3 Å². The Morgan fingerprint density at radius 1 is 1.53 bits per heavy atom. The van der Waals surface area contributed by atoms with Crippen LogP contribution < -0.4 is 4.72 Å². The van der Waals surface area contributed by atoms with Crippen molar-refractivity contribution in [3.63, 3.8) is 0 Å². The van der Waals surface area contributed by atoms with Gasteiger partial charge in [-0.25, -0.2) is 13.1 Å². The molecule has 1 fully saturated rings. The maximum Gasteiger partial charge on any atom is 0.243 e. The monoisotopic (exact) mass is 288 g/mol. The van der Waals surface area contributed by atoms with Crippen LogP contribution >= 0.6 is 0 Å². The molecule has 1 aliphatic rings. The van der Waals surface area contributed by atoms with Gasteiger partial charge < -0.3 is 5.11 Å². The summed E-state index contributed by atoms with van der Waals surface area (Å²) in [4.78, 5) is 2.28. The number of nitrogens with zero attached hydrogens (tertiary/aromatic N) is 2. The Balaban J connectivity index is 1.83. The molecule has 1 atom stereocenters. The summed E-state index contributed by atoms with van der Waals surface area (Å²) < 4.78 is 26.2. The van der Waals surface area contributed by atoms with E-state index in [0.29, 0.717) is 13.1 Å². The van der Waals surface area contributed by atoms with Gasteiger partial charge in [-0.2, -0.15) is 5.10 Å². The zero-order valence-electron chi connectivity index (χ0n) is 10.7. The maximum absolute atomic E-state index is 11.8. The number of likely N-dealkylation sites (tertiary alicyclic amines) is 1. The minimum absolute atomic E-state index is 0.133. The van der Waals surface area contributed by atoms with E-state index < -0.39 is 10.0 Å². The quantitative estimate of drug-likeness (QED) is 0.657. The van der Waals surface area contributed by atoms with Crippen molar-refractivity contribution in [2.45, 2.75) is 30.2 Å². The van der Waals surface area contributed by atoms with Crippen LogP contribution in [-0.4, -0.2) is 60.9 Å². The van der Waals surface area contributed by atoms with Gasteiger partial charge in [-0.1, -0.05) is 6.42 Å². The average molecular weight is 288 g/mol. The third-order valence-electron chi connectivity index (χ3n) is 3.43. The van der Waals surface area contributed by atoms with Crippen LogP contribution in [0, 0.1) is 0 Å². The van der Waals surface area contributed by atoms with E-state index in [4.69, 9.17) is 0 Å². The molecule has 0 bridgehead atoms. The van der Waals surface area contributed by atoms with Crippen LogP contribution in [0.1, 0.15) is 19.3 Å². The smallest absolute Gasteiger partial charge is 0.243 e. The normalized spacial score (nSPS) is 21.6. The Morgan fingerprint density at radius 3 is 3.05 bits per heavy atom. The molecule has 0 aliphatic carbocycles. The first kappa shape index (κ1) is 14.4. The Morgan fingerprint density at radius 2 is 2.37 bits per heavy atom. The van der Waals surface area contributed by atoms with E-state index in [1.54, 1.807) is 0 Å². The van der Waals surface area contributed by atoms with Crippen LogP contribution in [0.3, 0.4) is 0 Å². The lowest BCUT2D eigenvalue weighted by atomic mass is 10.0. The highest BCUT2D eigenvalue weighted by Gasteiger charge is 2.22. The zero-order valence-corrected chi connectivity index (χ0v) is 11.6. The van der Waals surface area contributed by atoms with Crippen molar-refractivity contribution in [1.29, 1.82) is 0 Å². The van der Waals surface area contributed by atoms with E-state index in [9.17, 15) is 13.5 Å². The number of sulfonamides is 1. The number of rotatable bonds is 6. The SMILES string of the molecule is O=S(=O)(NCCN1CCCCC1CO)c1cn[nH]c1. The van der Waals surface area contributed by atoms with Crippen LogP contribution in [0.5, 0.6) is 0 Å². The number of H-pyrrole nitrogens is 1. The molecule has 0 amide bonds. The van der Waals surface area contributed by atoms with Gasteiger partial charge in [0.2, 0.25) is 10.0 Å². The third-order valence-corrected chi connectivity index (χ3v) is 4.86. The van der Waals surface area contributed by atoms with E-state index in [1.165, 1.54) is 12.4 Å². The molecular formula is C11H20N4O3S. The number of piperidine rings is 1. The summed E-state index contributed by atoms with van der Waals surface area (Å²) in [5, 5.41) is 15.4. The van der Waals surface area contributed by atoms with Crippen LogP contribution in [0.25, 0.3) is 0 Å². The summed E-state index contributed by atoms with van der Waals surface area (Å²) in [5.74, 6) is 0. The molecule has 0 aromatic carbocycles. The second-order valence-electron chi connectivity index (χ2n) is 4.70. The van der Waals surface area contributed by atoms with Crippen molar-refractivity contribution >= 4 is 10.0 Å². The number of aliphatic hydroxyl groups is 1. The van der Waals surface area contributed by atoms with Crippen molar-refractivity contribution in [2.24, 2.45) is 0 Å². The predicted molar refractivity (Wildman–Crippen MR) is 70.1 cm³/mol. The lowest BCUT2D eigenvalue weighted by Gasteiger charge is -2.34. The van der Waals surface area contributed by atoms with Crippen molar-refractivity contribution in [3.8, 4) is 0 Å². The van der Waals surface area contributed by atoms with Crippen LogP contribution in [-0.2, 0) is 10.0 Å². The van der Waals surface area contributed by atoms with Crippen LogP contribution in [0.15, 0.2) is 17.3 Å². The Hall–Kier alpha value is -0.960. The number of aromatic amines is 1. The second kappa shape index (κ2) is 6.47. The average Bonchev–Trinajstić information content (AvgIpc) is 2.94. The highest BCUT2D eigenvalue weighted by atomic mass is 32.2. The first-order chi connectivity index (χ1) is 9.13. The fourth-order valence-electron chi connectivity index (χ4n) is 2.35. The molecule has 3 N–H and O–H groups in total. The van der Waals surface area contributed by atoms with Gasteiger partial charge in [-0.05, 0) is 19.4 Å². The summed E-state index contributed by atoms with van der Waals surface area (Å²) in [5.41, 5.74) is 0. The first-order valence-corrected chi connectivity index (χ1v) is 7.95. The fraction of sp³-hybridized carbons (Fsp3) is 0.727. The molecule has 1 aromatic rings. The number of hydrogen-bond acceptors (Lipinski definition) is 5. The van der Waals surface area contributed by atoms with Crippen LogP contribution in [0.2, 0.25) is 0 Å². The molecule has 1 saturated heterocycles. The van der Waals surface area contributed by atoms with Crippen molar-refractivity contribution in [3.05, 3.63) is 12.4 Å². The molecule has 2 heterocycles. The van der Waals surface area contributed by atoms with Crippen LogP contribution in [0.4, 0.5) is 0 Å². The van der Waals surface area contributed by atoms with E-state index in [-0.39, 0.29) is 17.5 Å². The first-order valence-electron chi connectivity index (χ1n) is 6.47. The molecule has 1 unspecified atom stereocenters. The Bertz CT molecular complexity index is 474. The summed E-state index contributed by atoms with van der Waals surface area (Å²) >= 11 is 0. The van der Waals surface area contributed by atoms with Gasteiger partial charge in [0.05, 0.1) is 12.8 Å². The summed E-state index contributed by atoms with van der Waals surface area (Å²) in [6.45, 7) is 2.00. The van der Waals surface area contributed by atoms with Gasteiger partial charge in [0.1, 0.15) is 4.90 Å². The minimum atomic E-state index is -3.47. The van der Waals surface area contributed by atoms with E-state index in [1.807, 2.05) is 0 Å². The molecule has 8 heteroatoms.